The second-order valence-electron chi connectivity index (χ2n) is 5.83. The third-order valence-corrected chi connectivity index (χ3v) is 3.47. The normalized spacial score (nSPS) is 10.5. The number of amides is 2. The van der Waals surface area contributed by atoms with Crippen LogP contribution in [0.1, 0.15) is 11.1 Å². The van der Waals surface area contributed by atoms with Crippen molar-refractivity contribution in [2.24, 2.45) is 0 Å². The van der Waals surface area contributed by atoms with Gasteiger partial charge < -0.3 is 20.3 Å². The molecule has 0 fully saturated rings. The number of nitrogens with one attached hydrogen (secondary N) is 2. The van der Waals surface area contributed by atoms with E-state index in [-0.39, 0.29) is 6.03 Å². The molecule has 2 aromatic rings. The second-order valence-corrected chi connectivity index (χ2v) is 5.83. The van der Waals surface area contributed by atoms with Crippen molar-refractivity contribution in [1.82, 2.24) is 15.5 Å². The maximum Gasteiger partial charge on any atom is 0.315 e. The van der Waals surface area contributed by atoms with Gasteiger partial charge in [-0.3, -0.25) is 0 Å². The lowest BCUT2D eigenvalue weighted by Crippen LogP contribution is -2.38. The third-order valence-electron chi connectivity index (χ3n) is 3.47. The van der Waals surface area contributed by atoms with E-state index in [1.165, 1.54) is 0 Å². The van der Waals surface area contributed by atoms with Crippen molar-refractivity contribution in [2.45, 2.75) is 13.2 Å². The average Bonchev–Trinajstić information content (AvgIpc) is 2.59. The van der Waals surface area contributed by atoms with Crippen molar-refractivity contribution in [3.63, 3.8) is 0 Å². The molecule has 5 heteroatoms. The van der Waals surface area contributed by atoms with E-state index in [1.807, 2.05) is 73.6 Å². The van der Waals surface area contributed by atoms with Crippen LogP contribution in [-0.2, 0) is 13.2 Å². The van der Waals surface area contributed by atoms with Gasteiger partial charge in [0.15, 0.2) is 0 Å². The number of hydrogen-bond acceptors (Lipinski definition) is 3. The van der Waals surface area contributed by atoms with Crippen molar-refractivity contribution in [3.05, 3.63) is 65.7 Å². The van der Waals surface area contributed by atoms with Crippen LogP contribution in [0.3, 0.4) is 0 Å². The summed E-state index contributed by atoms with van der Waals surface area (Å²) in [7, 11) is 3.95. The molecule has 0 aromatic heterocycles. The minimum atomic E-state index is -0.152. The monoisotopic (exact) mass is 327 g/mol. The van der Waals surface area contributed by atoms with Gasteiger partial charge in [0.1, 0.15) is 12.4 Å². The zero-order valence-electron chi connectivity index (χ0n) is 14.3. The lowest BCUT2D eigenvalue weighted by atomic mass is 10.2. The summed E-state index contributed by atoms with van der Waals surface area (Å²) < 4.78 is 5.74. The highest BCUT2D eigenvalue weighted by atomic mass is 16.5. The minimum Gasteiger partial charge on any atom is -0.489 e. The topological polar surface area (TPSA) is 53.6 Å². The number of likely N-dealkylation sites (N-methyl/N-ethyl adjacent to an activating group) is 1. The summed E-state index contributed by atoms with van der Waals surface area (Å²) in [5, 5.41) is 5.66. The first kappa shape index (κ1) is 17.8. The fourth-order valence-corrected chi connectivity index (χ4v) is 2.08. The Morgan fingerprint density at radius 1 is 0.958 bits per heavy atom. The number of benzene rings is 2. The van der Waals surface area contributed by atoms with Crippen LogP contribution in [0.5, 0.6) is 5.75 Å². The van der Waals surface area contributed by atoms with Gasteiger partial charge in [-0.2, -0.15) is 0 Å². The van der Waals surface area contributed by atoms with Gasteiger partial charge in [0.05, 0.1) is 0 Å². The van der Waals surface area contributed by atoms with E-state index >= 15 is 0 Å². The van der Waals surface area contributed by atoms with Crippen molar-refractivity contribution in [3.8, 4) is 5.75 Å². The lowest BCUT2D eigenvalue weighted by molar-refractivity contribution is 0.239. The predicted octanol–water partition coefficient (Wildman–Crippen LogP) is 2.63. The summed E-state index contributed by atoms with van der Waals surface area (Å²) >= 11 is 0. The number of urea groups is 1. The zero-order chi connectivity index (χ0) is 17.2. The molecule has 0 saturated carbocycles. The largest absolute Gasteiger partial charge is 0.489 e. The molecular formula is C19H25N3O2. The Balaban J connectivity index is 1.70. The number of ether oxygens (including phenoxy) is 1. The number of carbonyl (C=O) groups is 1. The molecule has 5 nitrogen and oxygen atoms in total. The molecule has 2 rings (SSSR count). The molecule has 2 N–H and O–H groups in total. The third kappa shape index (κ3) is 6.71. The van der Waals surface area contributed by atoms with Crippen molar-refractivity contribution in [2.75, 3.05) is 27.2 Å². The maximum atomic E-state index is 11.7. The fraction of sp³-hybridized carbons (Fsp3) is 0.316. The molecule has 0 spiro atoms. The summed E-state index contributed by atoms with van der Waals surface area (Å²) in [6, 6.07) is 17.7. The molecule has 0 unspecified atom stereocenters. The van der Waals surface area contributed by atoms with Gasteiger partial charge in [0.2, 0.25) is 0 Å². The SMILES string of the molecule is CN(C)CCNC(=O)NCc1ccc(OCc2ccccc2)cc1. The van der Waals surface area contributed by atoms with Crippen LogP contribution in [0.4, 0.5) is 4.79 Å². The average molecular weight is 327 g/mol. The Labute approximate surface area is 143 Å². The van der Waals surface area contributed by atoms with Gasteiger partial charge in [-0.25, -0.2) is 4.79 Å². The molecule has 0 atom stereocenters. The Bertz CT molecular complexity index is 612. The minimum absolute atomic E-state index is 0.152. The standard InChI is InChI=1S/C19H25N3O2/c1-22(2)13-12-20-19(23)21-14-16-8-10-18(11-9-16)24-15-17-6-4-3-5-7-17/h3-11H,12-15H2,1-2H3,(H2,20,21,23). The molecule has 2 aromatic carbocycles. The quantitative estimate of drug-likeness (QED) is 0.784. The molecular weight excluding hydrogens is 302 g/mol. The summed E-state index contributed by atoms with van der Waals surface area (Å²) in [6.45, 7) is 2.49. The van der Waals surface area contributed by atoms with E-state index < -0.39 is 0 Å². The van der Waals surface area contributed by atoms with E-state index in [4.69, 9.17) is 4.74 Å². The fourth-order valence-electron chi connectivity index (χ4n) is 2.08. The van der Waals surface area contributed by atoms with Gasteiger partial charge in [0, 0.05) is 19.6 Å². The van der Waals surface area contributed by atoms with Crippen LogP contribution in [0.2, 0.25) is 0 Å². The first-order valence-electron chi connectivity index (χ1n) is 8.05. The molecule has 0 bridgehead atoms. The number of rotatable bonds is 8. The molecule has 24 heavy (non-hydrogen) atoms. The summed E-state index contributed by atoms with van der Waals surface area (Å²) in [5.74, 6) is 0.818. The maximum absolute atomic E-state index is 11.7. The van der Waals surface area contributed by atoms with Gasteiger partial charge >= 0.3 is 6.03 Å². The van der Waals surface area contributed by atoms with E-state index in [2.05, 4.69) is 10.6 Å². The molecule has 0 aliphatic rings. The van der Waals surface area contributed by atoms with Gasteiger partial charge in [-0.05, 0) is 37.4 Å². The molecule has 0 aliphatic carbocycles. The van der Waals surface area contributed by atoms with Crippen LogP contribution in [0, 0.1) is 0 Å². The Morgan fingerprint density at radius 3 is 2.33 bits per heavy atom. The van der Waals surface area contributed by atoms with Gasteiger partial charge in [-0.15, -0.1) is 0 Å². The zero-order valence-corrected chi connectivity index (χ0v) is 14.3. The number of nitrogens with zero attached hydrogens (tertiary/aromatic N) is 1. The highest BCUT2D eigenvalue weighted by Crippen LogP contribution is 2.14. The number of hydrogen-bond donors (Lipinski definition) is 2. The molecule has 0 heterocycles. The predicted molar refractivity (Wildman–Crippen MR) is 96.0 cm³/mol. The van der Waals surface area contributed by atoms with Crippen LogP contribution >= 0.6 is 0 Å². The van der Waals surface area contributed by atoms with Crippen molar-refractivity contribution in [1.29, 1.82) is 0 Å². The molecule has 128 valence electrons. The first-order valence-corrected chi connectivity index (χ1v) is 8.05. The van der Waals surface area contributed by atoms with E-state index in [9.17, 15) is 4.79 Å². The van der Waals surface area contributed by atoms with Gasteiger partial charge in [0.25, 0.3) is 0 Å². The van der Waals surface area contributed by atoms with E-state index in [1.54, 1.807) is 0 Å². The van der Waals surface area contributed by atoms with Crippen molar-refractivity contribution < 1.29 is 9.53 Å². The van der Waals surface area contributed by atoms with Crippen LogP contribution in [-0.4, -0.2) is 38.1 Å². The van der Waals surface area contributed by atoms with Crippen molar-refractivity contribution >= 4 is 6.03 Å². The number of carbonyl (C=O) groups excluding carboxylic acids is 1. The smallest absolute Gasteiger partial charge is 0.315 e. The van der Waals surface area contributed by atoms with Gasteiger partial charge in [-0.1, -0.05) is 42.5 Å². The molecule has 0 aliphatic heterocycles. The molecule has 0 radical (unpaired) electrons. The van der Waals surface area contributed by atoms with E-state index in [0.717, 1.165) is 23.4 Å². The summed E-state index contributed by atoms with van der Waals surface area (Å²) in [6.07, 6.45) is 0. The highest BCUT2D eigenvalue weighted by Gasteiger charge is 2.01. The van der Waals surface area contributed by atoms with Crippen LogP contribution < -0.4 is 15.4 Å². The first-order chi connectivity index (χ1) is 11.6. The lowest BCUT2D eigenvalue weighted by Gasteiger charge is -2.11. The Kier molecular flexibility index (Phi) is 7.11. The van der Waals surface area contributed by atoms with Crippen LogP contribution in [0.15, 0.2) is 54.6 Å². The molecule has 0 saturated heterocycles. The van der Waals surface area contributed by atoms with Crippen LogP contribution in [0.25, 0.3) is 0 Å². The summed E-state index contributed by atoms with van der Waals surface area (Å²) in [5.41, 5.74) is 2.17. The summed E-state index contributed by atoms with van der Waals surface area (Å²) in [4.78, 5) is 13.7. The highest BCUT2D eigenvalue weighted by molar-refractivity contribution is 5.73. The molecule has 2 amide bonds. The van der Waals surface area contributed by atoms with E-state index in [0.29, 0.717) is 19.7 Å². The Hall–Kier alpha value is -2.53. The Morgan fingerprint density at radius 2 is 1.67 bits per heavy atom. The second kappa shape index (κ2) is 9.57.